The molecule has 0 saturated heterocycles. The van der Waals surface area contributed by atoms with Crippen LogP contribution in [0, 0.1) is 29.1 Å². The van der Waals surface area contributed by atoms with Crippen molar-refractivity contribution in [3.05, 3.63) is 77.7 Å². The predicted molar refractivity (Wildman–Crippen MR) is 74.9 cm³/mol. The van der Waals surface area contributed by atoms with Crippen LogP contribution in [0.4, 0.5) is 22.0 Å². The van der Waals surface area contributed by atoms with E-state index in [9.17, 15) is 22.0 Å². The molecule has 0 unspecified atom stereocenters. The molecular weight excluding hydrogens is 313 g/mol. The Labute approximate surface area is 128 Å². The van der Waals surface area contributed by atoms with Gasteiger partial charge in [-0.15, -0.1) is 0 Å². The topological polar surface area (TPSA) is 12.9 Å². The molecular formula is C17H8F5N. The summed E-state index contributed by atoms with van der Waals surface area (Å²) < 4.78 is 68.1. The molecule has 0 fully saturated rings. The molecule has 0 amide bonds. The van der Waals surface area contributed by atoms with Crippen LogP contribution in [0.1, 0.15) is 0 Å². The molecule has 23 heavy (non-hydrogen) atoms. The Morgan fingerprint density at radius 1 is 0.609 bits per heavy atom. The third-order valence-corrected chi connectivity index (χ3v) is 3.32. The Hall–Kier alpha value is -2.76. The van der Waals surface area contributed by atoms with Crippen molar-refractivity contribution in [2.75, 3.05) is 0 Å². The molecule has 0 aliphatic rings. The summed E-state index contributed by atoms with van der Waals surface area (Å²) in [6, 6.07) is 7.59. The van der Waals surface area contributed by atoms with Crippen molar-refractivity contribution >= 4 is 0 Å². The summed E-state index contributed by atoms with van der Waals surface area (Å²) >= 11 is 0. The van der Waals surface area contributed by atoms with Crippen LogP contribution in [0.15, 0.2) is 48.7 Å². The van der Waals surface area contributed by atoms with E-state index in [1.54, 1.807) is 0 Å². The van der Waals surface area contributed by atoms with Crippen molar-refractivity contribution < 1.29 is 22.0 Å². The molecule has 0 atom stereocenters. The number of pyridine rings is 1. The Morgan fingerprint density at radius 2 is 1.17 bits per heavy atom. The molecule has 0 bridgehead atoms. The third kappa shape index (κ3) is 2.67. The number of benzene rings is 2. The minimum absolute atomic E-state index is 0.153. The minimum atomic E-state index is -1.21. The molecule has 1 nitrogen and oxygen atoms in total. The highest BCUT2D eigenvalue weighted by molar-refractivity contribution is 5.68. The van der Waals surface area contributed by atoms with E-state index in [2.05, 4.69) is 4.98 Å². The molecule has 0 spiro atoms. The van der Waals surface area contributed by atoms with Gasteiger partial charge >= 0.3 is 0 Å². The summed E-state index contributed by atoms with van der Waals surface area (Å²) in [6.45, 7) is 0. The maximum atomic E-state index is 14.2. The van der Waals surface area contributed by atoms with Gasteiger partial charge in [0.1, 0.15) is 5.82 Å². The van der Waals surface area contributed by atoms with Gasteiger partial charge in [-0.1, -0.05) is 18.2 Å². The molecule has 0 saturated carbocycles. The van der Waals surface area contributed by atoms with Crippen LogP contribution in [-0.4, -0.2) is 4.98 Å². The fourth-order valence-electron chi connectivity index (χ4n) is 2.19. The lowest BCUT2D eigenvalue weighted by Gasteiger charge is -2.08. The van der Waals surface area contributed by atoms with Crippen LogP contribution in [0.3, 0.4) is 0 Å². The van der Waals surface area contributed by atoms with Gasteiger partial charge in [0.25, 0.3) is 0 Å². The highest BCUT2D eigenvalue weighted by Gasteiger charge is 2.17. The minimum Gasteiger partial charge on any atom is -0.255 e. The first-order valence-corrected chi connectivity index (χ1v) is 6.53. The molecule has 0 N–H and O–H groups in total. The zero-order chi connectivity index (χ0) is 16.6. The van der Waals surface area contributed by atoms with Crippen LogP contribution < -0.4 is 0 Å². The zero-order valence-corrected chi connectivity index (χ0v) is 11.5. The molecule has 0 radical (unpaired) electrons. The summed E-state index contributed by atoms with van der Waals surface area (Å²) in [6.07, 6.45) is 0.951. The van der Waals surface area contributed by atoms with E-state index >= 15 is 0 Å². The number of nitrogens with zero attached hydrogens (tertiary/aromatic N) is 1. The molecule has 2 aromatic carbocycles. The van der Waals surface area contributed by atoms with Gasteiger partial charge in [-0.05, 0) is 18.2 Å². The van der Waals surface area contributed by atoms with Gasteiger partial charge in [0.2, 0.25) is 0 Å². The maximum absolute atomic E-state index is 14.2. The fourth-order valence-corrected chi connectivity index (χ4v) is 2.19. The number of hydrogen-bond donors (Lipinski definition) is 0. The summed E-state index contributed by atoms with van der Waals surface area (Å²) in [4.78, 5) is 3.82. The second-order valence-electron chi connectivity index (χ2n) is 4.75. The summed E-state index contributed by atoms with van der Waals surface area (Å²) in [5.74, 6) is -5.52. The fraction of sp³-hybridized carbons (Fsp3) is 0. The Kier molecular flexibility index (Phi) is 3.82. The quantitative estimate of drug-likeness (QED) is 0.598. The lowest BCUT2D eigenvalue weighted by Crippen LogP contribution is -1.96. The van der Waals surface area contributed by atoms with E-state index in [0.717, 1.165) is 24.4 Å². The Balaban J connectivity index is 2.12. The smallest absolute Gasteiger partial charge is 0.168 e. The molecule has 0 aliphatic carbocycles. The van der Waals surface area contributed by atoms with Crippen molar-refractivity contribution in [3.8, 4) is 22.4 Å². The van der Waals surface area contributed by atoms with Crippen molar-refractivity contribution in [2.45, 2.75) is 0 Å². The summed E-state index contributed by atoms with van der Waals surface area (Å²) in [7, 11) is 0. The number of halogens is 5. The van der Waals surface area contributed by atoms with Crippen LogP contribution in [0.25, 0.3) is 22.4 Å². The highest BCUT2D eigenvalue weighted by Crippen LogP contribution is 2.30. The zero-order valence-electron chi connectivity index (χ0n) is 11.5. The third-order valence-electron chi connectivity index (χ3n) is 3.32. The largest absolute Gasteiger partial charge is 0.255 e. The number of rotatable bonds is 2. The second kappa shape index (κ2) is 5.79. The Bertz CT molecular complexity index is 892. The Morgan fingerprint density at radius 3 is 1.78 bits per heavy atom. The van der Waals surface area contributed by atoms with Crippen LogP contribution in [-0.2, 0) is 0 Å². The first-order valence-electron chi connectivity index (χ1n) is 6.53. The van der Waals surface area contributed by atoms with E-state index < -0.39 is 29.1 Å². The predicted octanol–water partition coefficient (Wildman–Crippen LogP) is 5.11. The number of aromatic nitrogens is 1. The lowest BCUT2D eigenvalue weighted by atomic mass is 10.0. The van der Waals surface area contributed by atoms with Gasteiger partial charge in [0.05, 0.1) is 5.69 Å². The average molecular weight is 321 g/mol. The summed E-state index contributed by atoms with van der Waals surface area (Å²) in [5.41, 5.74) is -0.959. The first kappa shape index (κ1) is 15.1. The first-order chi connectivity index (χ1) is 11.0. The van der Waals surface area contributed by atoms with E-state index in [4.69, 9.17) is 0 Å². The van der Waals surface area contributed by atoms with Gasteiger partial charge in [-0.3, -0.25) is 4.98 Å². The van der Waals surface area contributed by atoms with Crippen molar-refractivity contribution in [3.63, 3.8) is 0 Å². The molecule has 116 valence electrons. The maximum Gasteiger partial charge on any atom is 0.168 e. The SMILES string of the molecule is Fc1cc(-c2cccc(F)c2F)ncc1-c1cccc(F)c1F. The van der Waals surface area contributed by atoms with Crippen molar-refractivity contribution in [2.24, 2.45) is 0 Å². The van der Waals surface area contributed by atoms with Gasteiger partial charge in [0, 0.05) is 29.0 Å². The molecule has 0 aliphatic heterocycles. The van der Waals surface area contributed by atoms with Gasteiger partial charge < -0.3 is 0 Å². The molecule has 1 aromatic heterocycles. The van der Waals surface area contributed by atoms with Gasteiger partial charge in [-0.25, -0.2) is 22.0 Å². The van der Waals surface area contributed by atoms with Crippen molar-refractivity contribution in [1.82, 2.24) is 4.98 Å². The lowest BCUT2D eigenvalue weighted by molar-refractivity contribution is 0.509. The van der Waals surface area contributed by atoms with E-state index in [1.165, 1.54) is 24.3 Å². The normalized spacial score (nSPS) is 10.8. The van der Waals surface area contributed by atoms with Crippen LogP contribution in [0.2, 0.25) is 0 Å². The molecule has 3 aromatic rings. The standard InChI is InChI=1S/C17H8F5N/c18-12-5-1-3-9(16(12)21)11-8-23-15(7-14(11)20)10-4-2-6-13(19)17(10)22/h1-8H. The second-order valence-corrected chi connectivity index (χ2v) is 4.75. The number of hydrogen-bond acceptors (Lipinski definition) is 1. The highest BCUT2D eigenvalue weighted by atomic mass is 19.2. The summed E-state index contributed by atoms with van der Waals surface area (Å²) in [5, 5.41) is 0. The van der Waals surface area contributed by atoms with Crippen LogP contribution >= 0.6 is 0 Å². The van der Waals surface area contributed by atoms with Crippen LogP contribution in [0.5, 0.6) is 0 Å². The average Bonchev–Trinajstić information content (AvgIpc) is 2.53. The molecule has 6 heteroatoms. The van der Waals surface area contributed by atoms with Gasteiger partial charge in [0.15, 0.2) is 23.3 Å². The van der Waals surface area contributed by atoms with E-state index in [1.807, 2.05) is 0 Å². The monoisotopic (exact) mass is 321 g/mol. The van der Waals surface area contributed by atoms with Crippen molar-refractivity contribution in [1.29, 1.82) is 0 Å². The molecule has 3 rings (SSSR count). The van der Waals surface area contributed by atoms with E-state index in [-0.39, 0.29) is 22.4 Å². The molecule has 1 heterocycles. The van der Waals surface area contributed by atoms with E-state index in [0.29, 0.717) is 0 Å². The van der Waals surface area contributed by atoms with Gasteiger partial charge in [-0.2, -0.15) is 0 Å².